The van der Waals surface area contributed by atoms with Crippen molar-refractivity contribution in [3.8, 4) is 0 Å². The molecule has 1 aliphatic heterocycles. The molecule has 0 bridgehead atoms. The fourth-order valence-electron chi connectivity index (χ4n) is 1.60. The van der Waals surface area contributed by atoms with Gasteiger partial charge in [-0.15, -0.1) is 0 Å². The molecule has 0 spiro atoms. The van der Waals surface area contributed by atoms with Gasteiger partial charge in [0, 0.05) is 25.8 Å². The molecule has 3 N–H and O–H groups in total. The summed E-state index contributed by atoms with van der Waals surface area (Å²) in [5.41, 5.74) is 0. The zero-order valence-electron chi connectivity index (χ0n) is 8.96. The van der Waals surface area contributed by atoms with E-state index in [1.165, 1.54) is 11.8 Å². The number of thiol groups is 1. The highest BCUT2D eigenvalue weighted by Gasteiger charge is 2.35. The highest BCUT2D eigenvalue weighted by molar-refractivity contribution is 7.80. The van der Waals surface area contributed by atoms with E-state index in [1.54, 1.807) is 0 Å². The second-order valence-electron chi connectivity index (χ2n) is 3.81. The number of likely N-dealkylation sites (tertiary alicyclic amines) is 1. The Morgan fingerprint density at radius 3 is 2.31 bits per heavy atom. The van der Waals surface area contributed by atoms with Crippen molar-refractivity contribution in [1.29, 1.82) is 0 Å². The van der Waals surface area contributed by atoms with Gasteiger partial charge < -0.3 is 20.4 Å². The van der Waals surface area contributed by atoms with Crippen LogP contribution in [0.15, 0.2) is 0 Å². The number of hydrogen-bond donors (Lipinski definition) is 4. The molecule has 1 heterocycles. The average Bonchev–Trinajstić information content (AvgIpc) is 2.54. The monoisotopic (exact) mass is 248 g/mol. The minimum Gasteiger partial charge on any atom is -0.388 e. The third-order valence-corrected chi connectivity index (χ3v) is 2.79. The Kier molecular flexibility index (Phi) is 4.57. The number of nitrogens with one attached hydrogen (secondary N) is 1. The van der Waals surface area contributed by atoms with Gasteiger partial charge in [-0.2, -0.15) is 12.6 Å². The maximum absolute atomic E-state index is 11.8. The van der Waals surface area contributed by atoms with Gasteiger partial charge in [0.2, 0.25) is 11.8 Å². The number of carbonyl (C=O) groups excluding carboxylic acids is 2. The number of β-amino-alcohol motifs (C(OH)–C–C–N with tert-alkyl or cyclic N) is 2. The fraction of sp³-hybridized carbons (Fsp3) is 0.778. The Bertz CT molecular complexity index is 277. The lowest BCUT2D eigenvalue weighted by Gasteiger charge is -2.22. The number of hydrogen-bond acceptors (Lipinski definition) is 5. The van der Waals surface area contributed by atoms with Crippen LogP contribution in [0.1, 0.15) is 6.92 Å². The van der Waals surface area contributed by atoms with Crippen LogP contribution in [0.25, 0.3) is 0 Å². The molecular formula is C9H16N2O4S. The molecule has 0 radical (unpaired) electrons. The van der Waals surface area contributed by atoms with E-state index in [-0.39, 0.29) is 30.7 Å². The number of rotatable bonds is 3. The standard InChI is InChI=1S/C9H16N2O4S/c1-5(12)10-6(4-16)9(15)11-2-7(13)8(14)3-11/h6-8,13-14,16H,2-4H2,1H3,(H,10,12). The maximum atomic E-state index is 11.8. The van der Waals surface area contributed by atoms with Crippen molar-refractivity contribution in [2.24, 2.45) is 0 Å². The predicted molar refractivity (Wildman–Crippen MR) is 60.1 cm³/mol. The number of aliphatic hydroxyl groups is 2. The van der Waals surface area contributed by atoms with Crippen molar-refractivity contribution in [2.75, 3.05) is 18.8 Å². The first kappa shape index (κ1) is 13.3. The van der Waals surface area contributed by atoms with Crippen LogP contribution in [-0.4, -0.2) is 64.0 Å². The summed E-state index contributed by atoms with van der Waals surface area (Å²) in [5.74, 6) is -0.463. The third-order valence-electron chi connectivity index (χ3n) is 2.43. The Balaban J connectivity index is 2.59. The molecule has 3 unspecified atom stereocenters. The lowest BCUT2D eigenvalue weighted by molar-refractivity contribution is -0.134. The molecule has 7 heteroatoms. The van der Waals surface area contributed by atoms with Crippen LogP contribution in [0.3, 0.4) is 0 Å². The SMILES string of the molecule is CC(=O)NC(CS)C(=O)N1CC(O)C(O)C1. The number of amides is 2. The fourth-order valence-corrected chi connectivity index (χ4v) is 1.85. The van der Waals surface area contributed by atoms with Crippen molar-refractivity contribution in [2.45, 2.75) is 25.2 Å². The summed E-state index contributed by atoms with van der Waals surface area (Å²) >= 11 is 3.98. The van der Waals surface area contributed by atoms with E-state index in [0.29, 0.717) is 0 Å². The van der Waals surface area contributed by atoms with Crippen LogP contribution >= 0.6 is 12.6 Å². The summed E-state index contributed by atoms with van der Waals surface area (Å²) in [4.78, 5) is 24.0. The van der Waals surface area contributed by atoms with Gasteiger partial charge in [0.25, 0.3) is 0 Å². The first-order chi connectivity index (χ1) is 7.45. The number of carbonyl (C=O) groups is 2. The second kappa shape index (κ2) is 5.51. The van der Waals surface area contributed by atoms with E-state index in [4.69, 9.17) is 0 Å². The summed E-state index contributed by atoms with van der Waals surface area (Å²) in [6.45, 7) is 1.49. The van der Waals surface area contributed by atoms with E-state index in [1.807, 2.05) is 0 Å². The molecule has 3 atom stereocenters. The summed E-state index contributed by atoms with van der Waals surface area (Å²) in [5, 5.41) is 21.1. The van der Waals surface area contributed by atoms with Crippen LogP contribution in [0.2, 0.25) is 0 Å². The molecule has 0 aliphatic carbocycles. The first-order valence-electron chi connectivity index (χ1n) is 4.98. The van der Waals surface area contributed by atoms with E-state index in [2.05, 4.69) is 17.9 Å². The zero-order valence-corrected chi connectivity index (χ0v) is 9.85. The lowest BCUT2D eigenvalue weighted by atomic mass is 10.3. The Hall–Kier alpha value is -0.790. The minimum absolute atomic E-state index is 0.0872. The molecule has 0 aromatic heterocycles. The van der Waals surface area contributed by atoms with E-state index < -0.39 is 18.2 Å². The van der Waals surface area contributed by atoms with Gasteiger partial charge in [-0.3, -0.25) is 9.59 Å². The van der Waals surface area contributed by atoms with E-state index in [0.717, 1.165) is 0 Å². The van der Waals surface area contributed by atoms with E-state index >= 15 is 0 Å². The topological polar surface area (TPSA) is 89.9 Å². The first-order valence-corrected chi connectivity index (χ1v) is 5.61. The van der Waals surface area contributed by atoms with Gasteiger partial charge >= 0.3 is 0 Å². The summed E-state index contributed by atoms with van der Waals surface area (Å²) in [6.07, 6.45) is -1.83. The Labute approximate surface area is 99.0 Å². The van der Waals surface area contributed by atoms with Gasteiger partial charge in [-0.1, -0.05) is 0 Å². The van der Waals surface area contributed by atoms with Crippen LogP contribution in [0.5, 0.6) is 0 Å². The Morgan fingerprint density at radius 2 is 1.94 bits per heavy atom. The Morgan fingerprint density at radius 1 is 1.44 bits per heavy atom. The van der Waals surface area contributed by atoms with Crippen molar-refractivity contribution in [3.63, 3.8) is 0 Å². The van der Waals surface area contributed by atoms with Gasteiger partial charge in [-0.05, 0) is 0 Å². The molecule has 1 fully saturated rings. The summed E-state index contributed by atoms with van der Waals surface area (Å²) in [6, 6.07) is -0.710. The third kappa shape index (κ3) is 3.10. The van der Waals surface area contributed by atoms with Gasteiger partial charge in [0.15, 0.2) is 0 Å². The molecule has 1 saturated heterocycles. The van der Waals surface area contributed by atoms with Gasteiger partial charge in [0.05, 0.1) is 12.2 Å². The van der Waals surface area contributed by atoms with Crippen molar-refractivity contribution < 1.29 is 19.8 Å². The molecule has 2 amide bonds. The molecule has 92 valence electrons. The zero-order chi connectivity index (χ0) is 12.3. The molecule has 16 heavy (non-hydrogen) atoms. The largest absolute Gasteiger partial charge is 0.388 e. The van der Waals surface area contributed by atoms with Gasteiger partial charge in [-0.25, -0.2) is 0 Å². The second-order valence-corrected chi connectivity index (χ2v) is 4.18. The molecule has 0 saturated carbocycles. The molecule has 6 nitrogen and oxygen atoms in total. The summed E-state index contributed by atoms with van der Waals surface area (Å²) in [7, 11) is 0. The molecule has 1 rings (SSSR count). The maximum Gasteiger partial charge on any atom is 0.246 e. The van der Waals surface area contributed by atoms with Crippen molar-refractivity contribution >= 4 is 24.4 Å². The van der Waals surface area contributed by atoms with Crippen LogP contribution in [0.4, 0.5) is 0 Å². The van der Waals surface area contributed by atoms with Gasteiger partial charge in [0.1, 0.15) is 6.04 Å². The number of aliphatic hydroxyl groups excluding tert-OH is 2. The van der Waals surface area contributed by atoms with Crippen LogP contribution in [-0.2, 0) is 9.59 Å². The van der Waals surface area contributed by atoms with Crippen LogP contribution < -0.4 is 5.32 Å². The smallest absolute Gasteiger partial charge is 0.246 e. The highest BCUT2D eigenvalue weighted by atomic mass is 32.1. The average molecular weight is 248 g/mol. The van der Waals surface area contributed by atoms with Crippen molar-refractivity contribution in [3.05, 3.63) is 0 Å². The van der Waals surface area contributed by atoms with Crippen molar-refractivity contribution in [1.82, 2.24) is 10.2 Å². The minimum atomic E-state index is -0.915. The summed E-state index contributed by atoms with van der Waals surface area (Å²) < 4.78 is 0. The lowest BCUT2D eigenvalue weighted by Crippen LogP contribution is -2.48. The highest BCUT2D eigenvalue weighted by Crippen LogP contribution is 2.11. The predicted octanol–water partition coefficient (Wildman–Crippen LogP) is -2.02. The molecule has 1 aliphatic rings. The van der Waals surface area contributed by atoms with Crippen LogP contribution in [0, 0.1) is 0 Å². The molecule has 0 aromatic rings. The normalized spacial score (nSPS) is 26.6. The quantitative estimate of drug-likeness (QED) is 0.434. The molecular weight excluding hydrogens is 232 g/mol. The number of nitrogens with zero attached hydrogens (tertiary/aromatic N) is 1. The van der Waals surface area contributed by atoms with E-state index in [9.17, 15) is 19.8 Å². The molecule has 0 aromatic carbocycles.